The minimum absolute atomic E-state index is 0.180. The molecule has 2 atom stereocenters. The molecule has 114 valence electrons. The fraction of sp³-hybridized carbons (Fsp3) is 0.533. The zero-order chi connectivity index (χ0) is 15.3. The lowest BCUT2D eigenvalue weighted by atomic mass is 9.69. The van der Waals surface area contributed by atoms with E-state index in [1.165, 1.54) is 29.2 Å². The summed E-state index contributed by atoms with van der Waals surface area (Å²) in [6.07, 6.45) is -0.447. The van der Waals surface area contributed by atoms with Crippen molar-refractivity contribution in [2.24, 2.45) is 5.41 Å². The van der Waals surface area contributed by atoms with Gasteiger partial charge in [0.1, 0.15) is 5.82 Å². The number of anilines is 1. The first-order chi connectivity index (χ1) is 9.81. The van der Waals surface area contributed by atoms with Gasteiger partial charge in [0, 0.05) is 18.7 Å². The number of amides is 1. The summed E-state index contributed by atoms with van der Waals surface area (Å²) in [6.45, 7) is 0.341. The fourth-order valence-corrected chi connectivity index (χ4v) is 3.59. The lowest BCUT2D eigenvalue weighted by molar-refractivity contribution is -0.138. The van der Waals surface area contributed by atoms with Gasteiger partial charge in [-0.15, -0.1) is 6.04 Å². The van der Waals surface area contributed by atoms with Crippen LogP contribution in [0.2, 0.25) is 0 Å². The Morgan fingerprint density at radius 2 is 1.86 bits per heavy atom. The number of nitrogens with one attached hydrogen (secondary N) is 1. The first-order valence-electron chi connectivity index (χ1n) is 6.98. The molecule has 0 radical (unpaired) electrons. The second kappa shape index (κ2) is 4.73. The number of halogens is 3. The lowest BCUT2D eigenvalue weighted by Crippen LogP contribution is -2.45. The van der Waals surface area contributed by atoms with Gasteiger partial charge < -0.3 is 10.6 Å². The van der Waals surface area contributed by atoms with Crippen molar-refractivity contribution in [2.45, 2.75) is 37.6 Å². The van der Waals surface area contributed by atoms with Crippen LogP contribution in [0.3, 0.4) is 0 Å². The van der Waals surface area contributed by atoms with E-state index in [9.17, 15) is 18.0 Å². The molecular weight excluding hydrogens is 281 g/mol. The van der Waals surface area contributed by atoms with Gasteiger partial charge in [0.2, 0.25) is 11.8 Å². The third-order valence-electron chi connectivity index (χ3n) is 4.43. The van der Waals surface area contributed by atoms with Crippen molar-refractivity contribution in [3.63, 3.8) is 0 Å². The van der Waals surface area contributed by atoms with Gasteiger partial charge in [0.05, 0.1) is 5.41 Å². The molecule has 1 aliphatic heterocycles. The molecule has 1 heterocycles. The molecule has 1 spiro atoms. The smallest absolute Gasteiger partial charge is 0.247 e. The molecule has 2 fully saturated rings. The van der Waals surface area contributed by atoms with E-state index in [4.69, 9.17) is 5.73 Å². The van der Waals surface area contributed by atoms with Crippen LogP contribution in [0.4, 0.5) is 18.9 Å². The lowest BCUT2D eigenvalue weighted by Gasteiger charge is -2.43. The van der Waals surface area contributed by atoms with E-state index in [0.29, 0.717) is 18.7 Å². The molecule has 1 saturated heterocycles. The van der Waals surface area contributed by atoms with Gasteiger partial charge in [-0.1, -0.05) is 6.42 Å². The SMILES string of the molecule is [NH-]C1CC(F)(F)CC2(CCN(c3ccc(F)cc3)C2=O)C1. The van der Waals surface area contributed by atoms with Gasteiger partial charge in [-0.25, -0.2) is 13.2 Å². The van der Waals surface area contributed by atoms with E-state index in [2.05, 4.69) is 0 Å². The molecule has 0 aromatic heterocycles. The number of alkyl halides is 2. The molecule has 6 heteroatoms. The van der Waals surface area contributed by atoms with Crippen LogP contribution in [0, 0.1) is 11.2 Å². The molecule has 1 amide bonds. The first kappa shape index (κ1) is 14.4. The molecule has 21 heavy (non-hydrogen) atoms. The maximum atomic E-state index is 13.8. The van der Waals surface area contributed by atoms with Gasteiger partial charge >= 0.3 is 0 Å². The summed E-state index contributed by atoms with van der Waals surface area (Å²) in [5, 5.41) is 0. The van der Waals surface area contributed by atoms with Crippen molar-refractivity contribution in [3.8, 4) is 0 Å². The second-order valence-electron chi connectivity index (χ2n) is 6.10. The van der Waals surface area contributed by atoms with Crippen molar-refractivity contribution in [1.82, 2.24) is 0 Å². The molecule has 1 aromatic carbocycles. The Balaban J connectivity index is 1.87. The minimum atomic E-state index is -2.96. The topological polar surface area (TPSA) is 44.1 Å². The Hall–Kier alpha value is -1.56. The Kier molecular flexibility index (Phi) is 3.24. The van der Waals surface area contributed by atoms with Gasteiger partial charge in [-0.05, 0) is 37.1 Å². The zero-order valence-electron chi connectivity index (χ0n) is 11.4. The molecule has 0 bridgehead atoms. The van der Waals surface area contributed by atoms with Gasteiger partial charge in [-0.2, -0.15) is 0 Å². The highest BCUT2D eigenvalue weighted by Crippen LogP contribution is 2.51. The minimum Gasteiger partial charge on any atom is -0.674 e. The van der Waals surface area contributed by atoms with Crippen LogP contribution in [0.1, 0.15) is 25.7 Å². The first-order valence-corrected chi connectivity index (χ1v) is 6.98. The molecule has 1 aromatic rings. The Morgan fingerprint density at radius 3 is 2.48 bits per heavy atom. The second-order valence-corrected chi connectivity index (χ2v) is 6.10. The van der Waals surface area contributed by atoms with Crippen LogP contribution in [0.5, 0.6) is 0 Å². The fourth-order valence-electron chi connectivity index (χ4n) is 3.59. The Bertz CT molecular complexity index is 561. The standard InChI is InChI=1S/C15H16F3N2O/c16-10-1-3-12(4-2-10)20-6-5-14(13(20)21)7-11(19)8-15(17,18)9-14/h1-4,11,19H,5-9H2/q-1. The predicted octanol–water partition coefficient (Wildman–Crippen LogP) is 3.79. The number of nitrogens with zero attached hydrogens (tertiary/aromatic N) is 1. The Morgan fingerprint density at radius 1 is 1.19 bits per heavy atom. The van der Waals surface area contributed by atoms with Crippen LogP contribution in [0.15, 0.2) is 24.3 Å². The van der Waals surface area contributed by atoms with Crippen LogP contribution < -0.4 is 4.90 Å². The van der Waals surface area contributed by atoms with Crippen molar-refractivity contribution in [2.75, 3.05) is 11.4 Å². The molecule has 2 unspecified atom stereocenters. The molecule has 2 aliphatic rings. The van der Waals surface area contributed by atoms with E-state index < -0.39 is 36.0 Å². The molecule has 1 aliphatic carbocycles. The summed E-state index contributed by atoms with van der Waals surface area (Å²) in [6, 6.07) is 4.54. The van der Waals surface area contributed by atoms with E-state index in [0.717, 1.165) is 0 Å². The maximum Gasteiger partial charge on any atom is 0.247 e. The third-order valence-corrected chi connectivity index (χ3v) is 4.43. The highest BCUT2D eigenvalue weighted by molar-refractivity contribution is 6.00. The number of rotatable bonds is 1. The molecule has 3 rings (SSSR count). The van der Waals surface area contributed by atoms with E-state index in [1.807, 2.05) is 0 Å². The number of benzene rings is 1. The van der Waals surface area contributed by atoms with Gasteiger partial charge in [-0.3, -0.25) is 4.79 Å². The normalized spacial score (nSPS) is 31.9. The zero-order valence-corrected chi connectivity index (χ0v) is 11.4. The van der Waals surface area contributed by atoms with Crippen molar-refractivity contribution in [3.05, 3.63) is 35.8 Å². The summed E-state index contributed by atoms with van der Waals surface area (Å²) < 4.78 is 40.5. The van der Waals surface area contributed by atoms with Crippen LogP contribution in [0.25, 0.3) is 5.73 Å². The average molecular weight is 297 g/mol. The summed E-state index contributed by atoms with van der Waals surface area (Å²) >= 11 is 0. The van der Waals surface area contributed by atoms with Crippen LogP contribution in [-0.2, 0) is 4.79 Å². The summed E-state index contributed by atoms with van der Waals surface area (Å²) in [5.74, 6) is -3.72. The summed E-state index contributed by atoms with van der Waals surface area (Å²) in [5.41, 5.74) is 7.09. The van der Waals surface area contributed by atoms with Crippen LogP contribution >= 0.6 is 0 Å². The van der Waals surface area contributed by atoms with E-state index in [1.54, 1.807) is 0 Å². The van der Waals surface area contributed by atoms with Crippen LogP contribution in [-0.4, -0.2) is 24.4 Å². The number of carbonyl (C=O) groups is 1. The third kappa shape index (κ3) is 2.52. The number of hydrogen-bond donors (Lipinski definition) is 0. The predicted molar refractivity (Wildman–Crippen MR) is 72.7 cm³/mol. The Labute approximate surface area is 120 Å². The molecule has 3 nitrogen and oxygen atoms in total. The number of carbonyl (C=O) groups excluding carboxylic acids is 1. The van der Waals surface area contributed by atoms with Gasteiger partial charge in [0.15, 0.2) is 0 Å². The monoisotopic (exact) mass is 297 g/mol. The van der Waals surface area contributed by atoms with E-state index >= 15 is 0 Å². The van der Waals surface area contributed by atoms with Crippen molar-refractivity contribution in [1.29, 1.82) is 0 Å². The highest BCUT2D eigenvalue weighted by Gasteiger charge is 2.55. The summed E-state index contributed by atoms with van der Waals surface area (Å²) in [7, 11) is 0. The molecular formula is C15H16F3N2O-. The average Bonchev–Trinajstić information content (AvgIpc) is 2.65. The molecule has 1 N–H and O–H groups in total. The molecule has 1 saturated carbocycles. The highest BCUT2D eigenvalue weighted by atomic mass is 19.3. The summed E-state index contributed by atoms with van der Waals surface area (Å²) in [4.78, 5) is 14.1. The van der Waals surface area contributed by atoms with E-state index in [-0.39, 0.29) is 12.3 Å². The van der Waals surface area contributed by atoms with Crippen molar-refractivity contribution < 1.29 is 18.0 Å². The largest absolute Gasteiger partial charge is 0.674 e. The van der Waals surface area contributed by atoms with Gasteiger partial charge in [0.25, 0.3) is 0 Å². The maximum absolute atomic E-state index is 13.8. The van der Waals surface area contributed by atoms with Crippen molar-refractivity contribution >= 4 is 11.6 Å². The quantitative estimate of drug-likeness (QED) is 0.777. The number of hydrogen-bond acceptors (Lipinski definition) is 1.